The van der Waals surface area contributed by atoms with Crippen molar-refractivity contribution >= 4 is 29.9 Å². The second kappa shape index (κ2) is 11.3. The lowest BCUT2D eigenvalue weighted by Crippen LogP contribution is -2.22. The molecule has 2 aliphatic heterocycles. The average Bonchev–Trinajstić information content (AvgIpc) is 2.77. The first-order valence-corrected chi connectivity index (χ1v) is 10.8. The van der Waals surface area contributed by atoms with Gasteiger partial charge in [-0.05, 0) is 57.0 Å². The molecule has 3 rings (SSSR count). The molecule has 0 aromatic rings. The van der Waals surface area contributed by atoms with Gasteiger partial charge in [0.05, 0.1) is 12.2 Å². The standard InChI is InChI=1S/C24H29ClN6/c1-18-5-3-7-24(29-18)30-22(20-6-4-13-31(17-20)14-12-27-2)15-23(26)28-16-19-8-10-21(25)11-9-19/h4,6-8,10,12,14-15,17,30H,2-3,5,9,11,13,16H2,1H3,(H2,26,28)/b14-12-,22-15-. The number of rotatable bonds is 8. The number of halogens is 1. The fourth-order valence-corrected chi connectivity index (χ4v) is 3.44. The third-order valence-corrected chi connectivity index (χ3v) is 5.27. The summed E-state index contributed by atoms with van der Waals surface area (Å²) in [4.78, 5) is 15.0. The molecular weight excluding hydrogens is 408 g/mol. The number of allylic oxidation sites excluding steroid dienone is 5. The second-order valence-corrected chi connectivity index (χ2v) is 7.99. The zero-order valence-corrected chi connectivity index (χ0v) is 18.6. The maximum Gasteiger partial charge on any atom is 0.126 e. The van der Waals surface area contributed by atoms with Gasteiger partial charge in [0.1, 0.15) is 11.7 Å². The highest BCUT2D eigenvalue weighted by Crippen LogP contribution is 2.21. The molecule has 0 unspecified atom stereocenters. The van der Waals surface area contributed by atoms with Crippen LogP contribution >= 0.6 is 11.6 Å². The highest BCUT2D eigenvalue weighted by Gasteiger charge is 2.12. The summed E-state index contributed by atoms with van der Waals surface area (Å²) in [5.74, 6) is 1.28. The van der Waals surface area contributed by atoms with E-state index in [0.717, 1.165) is 60.1 Å². The van der Waals surface area contributed by atoms with Crippen molar-refractivity contribution in [2.24, 2.45) is 20.7 Å². The first-order chi connectivity index (χ1) is 15.0. The molecule has 3 N–H and O–H groups in total. The third-order valence-electron chi connectivity index (χ3n) is 4.95. The quantitative estimate of drug-likeness (QED) is 0.428. The number of nitrogens with two attached hydrogens (primary N) is 1. The Bertz CT molecular complexity index is 972. The predicted molar refractivity (Wildman–Crippen MR) is 132 cm³/mol. The zero-order valence-electron chi connectivity index (χ0n) is 17.9. The number of nitrogens with one attached hydrogen (secondary N) is 1. The van der Waals surface area contributed by atoms with Crippen molar-refractivity contribution in [2.45, 2.75) is 32.6 Å². The lowest BCUT2D eigenvalue weighted by Gasteiger charge is -2.22. The van der Waals surface area contributed by atoms with Crippen LogP contribution in [0.3, 0.4) is 0 Å². The largest absolute Gasteiger partial charge is 0.384 e. The SMILES string of the molecule is C=N/C=C\N1C=C(/C(=C/C(N)=NCC2=CC=C(Cl)CC2)NC2=CCCC(C)=N2)C=CC1. The third kappa shape index (κ3) is 7.26. The summed E-state index contributed by atoms with van der Waals surface area (Å²) in [5.41, 5.74) is 10.4. The smallest absolute Gasteiger partial charge is 0.126 e. The number of nitrogens with zero attached hydrogens (tertiary/aromatic N) is 4. The van der Waals surface area contributed by atoms with E-state index in [0.29, 0.717) is 12.4 Å². The summed E-state index contributed by atoms with van der Waals surface area (Å²) in [6.45, 7) is 6.85. The number of amidine groups is 1. The highest BCUT2D eigenvalue weighted by molar-refractivity contribution is 6.29. The van der Waals surface area contributed by atoms with Crippen LogP contribution in [0.2, 0.25) is 0 Å². The van der Waals surface area contributed by atoms with Crippen molar-refractivity contribution in [3.05, 3.63) is 82.8 Å². The van der Waals surface area contributed by atoms with Crippen molar-refractivity contribution in [1.82, 2.24) is 10.2 Å². The Morgan fingerprint density at radius 1 is 1.35 bits per heavy atom. The Morgan fingerprint density at radius 3 is 2.97 bits per heavy atom. The van der Waals surface area contributed by atoms with Gasteiger partial charge >= 0.3 is 0 Å². The van der Waals surface area contributed by atoms with Gasteiger partial charge in [-0.3, -0.25) is 9.98 Å². The molecule has 7 heteroatoms. The normalized spacial score (nSPS) is 20.1. The molecule has 1 aliphatic carbocycles. The number of hydrogen-bond acceptors (Lipinski definition) is 5. The first kappa shape index (κ1) is 22.6. The molecule has 0 saturated carbocycles. The van der Waals surface area contributed by atoms with Gasteiger partial charge in [0, 0.05) is 47.5 Å². The van der Waals surface area contributed by atoms with Crippen LogP contribution in [0.15, 0.2) is 97.7 Å². The molecule has 0 amide bonds. The summed E-state index contributed by atoms with van der Waals surface area (Å²) in [5, 5.41) is 4.31. The Labute approximate surface area is 189 Å². The topological polar surface area (TPSA) is 78.4 Å². The molecule has 0 aromatic heterocycles. The predicted octanol–water partition coefficient (Wildman–Crippen LogP) is 4.68. The minimum absolute atomic E-state index is 0.455. The second-order valence-electron chi connectivity index (χ2n) is 7.50. The minimum Gasteiger partial charge on any atom is -0.384 e. The molecule has 31 heavy (non-hydrogen) atoms. The lowest BCUT2D eigenvalue weighted by molar-refractivity contribution is 0.553. The number of hydrogen-bond donors (Lipinski definition) is 2. The Balaban J connectivity index is 1.84. The van der Waals surface area contributed by atoms with Crippen LogP contribution in [0.5, 0.6) is 0 Å². The van der Waals surface area contributed by atoms with Crippen molar-refractivity contribution in [3.8, 4) is 0 Å². The van der Waals surface area contributed by atoms with Crippen molar-refractivity contribution in [3.63, 3.8) is 0 Å². The average molecular weight is 437 g/mol. The molecule has 0 saturated heterocycles. The van der Waals surface area contributed by atoms with Crippen LogP contribution in [-0.2, 0) is 0 Å². The molecule has 0 fully saturated rings. The molecule has 0 aromatic carbocycles. The van der Waals surface area contributed by atoms with Crippen LogP contribution in [0, 0.1) is 0 Å². The van der Waals surface area contributed by atoms with Crippen molar-refractivity contribution in [1.29, 1.82) is 0 Å². The molecule has 0 bridgehead atoms. The van der Waals surface area contributed by atoms with Gasteiger partial charge < -0.3 is 16.0 Å². The highest BCUT2D eigenvalue weighted by atomic mass is 35.5. The van der Waals surface area contributed by atoms with E-state index in [9.17, 15) is 0 Å². The number of aliphatic imine (C=N–C) groups is 3. The van der Waals surface area contributed by atoms with Crippen LogP contribution in [0.4, 0.5) is 0 Å². The molecule has 0 spiro atoms. The van der Waals surface area contributed by atoms with E-state index < -0.39 is 0 Å². The van der Waals surface area contributed by atoms with Crippen LogP contribution in [0.25, 0.3) is 0 Å². The van der Waals surface area contributed by atoms with Gasteiger partial charge in [0.25, 0.3) is 0 Å². The van der Waals surface area contributed by atoms with E-state index in [1.165, 1.54) is 5.57 Å². The Kier molecular flexibility index (Phi) is 8.24. The molecule has 6 nitrogen and oxygen atoms in total. The van der Waals surface area contributed by atoms with E-state index in [2.05, 4.69) is 45.2 Å². The Hall–Kier alpha value is -3.12. The molecule has 0 atom stereocenters. The van der Waals surface area contributed by atoms with Gasteiger partial charge in [-0.1, -0.05) is 29.8 Å². The van der Waals surface area contributed by atoms with Crippen molar-refractivity contribution in [2.75, 3.05) is 13.1 Å². The van der Waals surface area contributed by atoms with E-state index in [-0.39, 0.29) is 0 Å². The Morgan fingerprint density at radius 2 is 2.23 bits per heavy atom. The summed E-state index contributed by atoms with van der Waals surface area (Å²) in [6, 6.07) is 0. The maximum atomic E-state index is 6.28. The van der Waals surface area contributed by atoms with Gasteiger partial charge in [-0.25, -0.2) is 4.99 Å². The van der Waals surface area contributed by atoms with Crippen LogP contribution < -0.4 is 11.1 Å². The minimum atomic E-state index is 0.455. The van der Waals surface area contributed by atoms with Gasteiger partial charge in [0.2, 0.25) is 0 Å². The van der Waals surface area contributed by atoms with E-state index in [1.807, 2.05) is 42.5 Å². The van der Waals surface area contributed by atoms with Gasteiger partial charge in [0.15, 0.2) is 0 Å². The maximum absolute atomic E-state index is 6.28. The van der Waals surface area contributed by atoms with Gasteiger partial charge in [-0.2, -0.15) is 0 Å². The fraction of sp³-hybridized carbons (Fsp3) is 0.292. The summed E-state index contributed by atoms with van der Waals surface area (Å²) in [7, 11) is 0. The van der Waals surface area contributed by atoms with E-state index >= 15 is 0 Å². The molecule has 2 heterocycles. The van der Waals surface area contributed by atoms with Crippen LogP contribution in [-0.4, -0.2) is 36.3 Å². The summed E-state index contributed by atoms with van der Waals surface area (Å²) >= 11 is 6.04. The molecule has 3 aliphatic rings. The van der Waals surface area contributed by atoms with Crippen LogP contribution in [0.1, 0.15) is 32.6 Å². The van der Waals surface area contributed by atoms with E-state index in [4.69, 9.17) is 17.3 Å². The summed E-state index contributed by atoms with van der Waals surface area (Å²) < 4.78 is 0. The first-order valence-electron chi connectivity index (χ1n) is 10.4. The monoisotopic (exact) mass is 436 g/mol. The zero-order chi connectivity index (χ0) is 22.1. The molecular formula is C24H29ClN6. The van der Waals surface area contributed by atoms with Crippen molar-refractivity contribution < 1.29 is 0 Å². The van der Waals surface area contributed by atoms with E-state index in [1.54, 1.807) is 6.20 Å². The summed E-state index contributed by atoms with van der Waals surface area (Å²) in [6.07, 6.45) is 21.4. The fourth-order valence-electron chi connectivity index (χ4n) is 3.28. The van der Waals surface area contributed by atoms with Gasteiger partial charge in [-0.15, -0.1) is 0 Å². The lowest BCUT2D eigenvalue weighted by atomic mass is 10.1. The molecule has 162 valence electrons. The molecule has 0 radical (unpaired) electrons.